The molecule has 0 aliphatic heterocycles. The van der Waals surface area contributed by atoms with Gasteiger partial charge < -0.3 is 15.2 Å². The van der Waals surface area contributed by atoms with Crippen LogP contribution in [0.5, 0.6) is 11.8 Å². The number of ether oxygens (including phenoxy) is 2. The quantitative estimate of drug-likeness (QED) is 0.845. The van der Waals surface area contributed by atoms with Gasteiger partial charge in [-0.3, -0.25) is 4.79 Å². The summed E-state index contributed by atoms with van der Waals surface area (Å²) in [6.45, 7) is 0. The first kappa shape index (κ1) is 11.1. The maximum absolute atomic E-state index is 11.3. The van der Waals surface area contributed by atoms with Gasteiger partial charge in [-0.15, -0.1) is 0 Å². The van der Waals surface area contributed by atoms with Crippen LogP contribution in [0, 0.1) is 0 Å². The number of rotatable bonds is 3. The van der Waals surface area contributed by atoms with E-state index in [0.29, 0.717) is 16.6 Å². The van der Waals surface area contributed by atoms with E-state index in [1.165, 1.54) is 14.2 Å². The number of hydrogen-bond donors (Lipinski definition) is 1. The molecule has 2 rings (SSSR count). The molecule has 0 atom stereocenters. The number of primary amides is 1. The first-order chi connectivity index (χ1) is 8.17. The van der Waals surface area contributed by atoms with Crippen LogP contribution < -0.4 is 15.2 Å². The van der Waals surface area contributed by atoms with E-state index in [4.69, 9.17) is 15.2 Å². The fourth-order valence-electron chi connectivity index (χ4n) is 1.51. The molecule has 0 unspecified atom stereocenters. The Balaban J connectivity index is 2.78. The van der Waals surface area contributed by atoms with E-state index < -0.39 is 5.91 Å². The monoisotopic (exact) mass is 233 g/mol. The molecule has 1 heterocycles. The molecule has 6 heteroatoms. The Bertz CT molecular complexity index is 583. The average Bonchev–Trinajstić information content (AvgIpc) is 2.35. The highest BCUT2D eigenvalue weighted by Crippen LogP contribution is 2.26. The van der Waals surface area contributed by atoms with Gasteiger partial charge in [0.2, 0.25) is 0 Å². The van der Waals surface area contributed by atoms with Crippen LogP contribution in [0.3, 0.4) is 0 Å². The van der Waals surface area contributed by atoms with E-state index in [1.807, 2.05) is 0 Å². The van der Waals surface area contributed by atoms with Gasteiger partial charge in [0.05, 0.1) is 25.3 Å². The zero-order chi connectivity index (χ0) is 12.4. The summed E-state index contributed by atoms with van der Waals surface area (Å²) in [5, 5.41) is 0. The lowest BCUT2D eigenvalue weighted by Gasteiger charge is -2.08. The van der Waals surface area contributed by atoms with Crippen molar-refractivity contribution < 1.29 is 14.3 Å². The summed E-state index contributed by atoms with van der Waals surface area (Å²) < 4.78 is 10.1. The van der Waals surface area contributed by atoms with Crippen LogP contribution in [0.4, 0.5) is 0 Å². The second-order valence-corrected chi connectivity index (χ2v) is 3.28. The third-order valence-corrected chi connectivity index (χ3v) is 2.29. The average molecular weight is 233 g/mol. The zero-order valence-electron chi connectivity index (χ0n) is 9.43. The number of fused-ring (bicyclic) bond motifs is 1. The maximum atomic E-state index is 11.3. The Kier molecular flexibility index (Phi) is 2.78. The second kappa shape index (κ2) is 4.25. The van der Waals surface area contributed by atoms with Crippen molar-refractivity contribution >= 4 is 16.9 Å². The Morgan fingerprint density at radius 1 is 1.18 bits per heavy atom. The number of nitrogens with two attached hydrogens (primary N) is 1. The van der Waals surface area contributed by atoms with Gasteiger partial charge in [0, 0.05) is 0 Å². The summed E-state index contributed by atoms with van der Waals surface area (Å²) in [6, 6.07) is 4.99. The molecule has 6 nitrogen and oxygen atoms in total. The van der Waals surface area contributed by atoms with Crippen LogP contribution >= 0.6 is 0 Å². The Morgan fingerprint density at radius 2 is 1.82 bits per heavy atom. The predicted molar refractivity (Wildman–Crippen MR) is 61.2 cm³/mol. The molecule has 88 valence electrons. The molecule has 0 aliphatic carbocycles. The van der Waals surface area contributed by atoms with Gasteiger partial charge in [-0.25, -0.2) is 9.97 Å². The highest BCUT2D eigenvalue weighted by molar-refractivity contribution is 6.04. The summed E-state index contributed by atoms with van der Waals surface area (Å²) in [7, 11) is 2.92. The summed E-state index contributed by atoms with van der Waals surface area (Å²) in [6.07, 6.45) is 0. The fraction of sp³-hybridized carbons (Fsp3) is 0.182. The molecule has 0 radical (unpaired) electrons. The number of nitrogens with zero attached hydrogens (tertiary/aromatic N) is 2. The van der Waals surface area contributed by atoms with Crippen LogP contribution in [-0.2, 0) is 0 Å². The SMILES string of the molecule is COc1nc2cccc(C(N)=O)c2nc1OC. The minimum absolute atomic E-state index is 0.216. The van der Waals surface area contributed by atoms with Gasteiger partial charge in [-0.05, 0) is 12.1 Å². The van der Waals surface area contributed by atoms with Crippen LogP contribution in [0.25, 0.3) is 11.0 Å². The van der Waals surface area contributed by atoms with Crippen LogP contribution in [0.2, 0.25) is 0 Å². The Morgan fingerprint density at radius 3 is 2.41 bits per heavy atom. The van der Waals surface area contributed by atoms with Crippen molar-refractivity contribution in [2.45, 2.75) is 0 Å². The molecule has 0 saturated heterocycles. The molecule has 1 aromatic carbocycles. The molecule has 2 N–H and O–H groups in total. The fourth-order valence-corrected chi connectivity index (χ4v) is 1.51. The van der Waals surface area contributed by atoms with Crippen molar-refractivity contribution in [3.05, 3.63) is 23.8 Å². The first-order valence-corrected chi connectivity index (χ1v) is 4.86. The Labute approximate surface area is 97.4 Å². The normalized spacial score (nSPS) is 10.2. The number of benzene rings is 1. The second-order valence-electron chi connectivity index (χ2n) is 3.28. The lowest BCUT2D eigenvalue weighted by atomic mass is 10.1. The molecule has 0 spiro atoms. The molecule has 0 aliphatic rings. The third kappa shape index (κ3) is 1.84. The summed E-state index contributed by atoms with van der Waals surface area (Å²) in [5.41, 5.74) is 6.49. The molecular formula is C11H11N3O3. The largest absolute Gasteiger partial charge is 0.477 e. The number of methoxy groups -OCH3 is 2. The summed E-state index contributed by atoms with van der Waals surface area (Å²) in [5.74, 6) is -0.0764. The molecular weight excluding hydrogens is 222 g/mol. The molecule has 17 heavy (non-hydrogen) atoms. The van der Waals surface area contributed by atoms with Gasteiger partial charge in [0.1, 0.15) is 5.52 Å². The molecule has 2 aromatic rings. The topological polar surface area (TPSA) is 87.3 Å². The number of hydrogen-bond acceptors (Lipinski definition) is 5. The van der Waals surface area contributed by atoms with Gasteiger partial charge in [0.25, 0.3) is 17.7 Å². The van der Waals surface area contributed by atoms with Gasteiger partial charge >= 0.3 is 0 Å². The molecule has 0 bridgehead atoms. The number of carbonyl (C=O) groups excluding carboxylic acids is 1. The highest BCUT2D eigenvalue weighted by atomic mass is 16.5. The molecule has 0 saturated carbocycles. The number of para-hydroxylation sites is 1. The Hall–Kier alpha value is -2.37. The minimum Gasteiger partial charge on any atom is -0.477 e. The molecule has 1 aromatic heterocycles. The molecule has 1 amide bonds. The van der Waals surface area contributed by atoms with Gasteiger partial charge in [-0.1, -0.05) is 6.07 Å². The van der Waals surface area contributed by atoms with Crippen molar-refractivity contribution in [1.29, 1.82) is 0 Å². The van der Waals surface area contributed by atoms with Crippen LogP contribution in [-0.4, -0.2) is 30.1 Å². The number of carbonyl (C=O) groups is 1. The summed E-state index contributed by atoms with van der Waals surface area (Å²) >= 11 is 0. The highest BCUT2D eigenvalue weighted by Gasteiger charge is 2.14. The minimum atomic E-state index is -0.558. The summed E-state index contributed by atoms with van der Waals surface area (Å²) in [4.78, 5) is 19.6. The van der Waals surface area contributed by atoms with Gasteiger partial charge in [-0.2, -0.15) is 0 Å². The van der Waals surface area contributed by atoms with E-state index >= 15 is 0 Å². The standard InChI is InChI=1S/C11H11N3O3/c1-16-10-11(17-2)14-8-6(9(12)15)4-3-5-7(8)13-10/h3-5H,1-2H3,(H2,12,15). The lowest BCUT2D eigenvalue weighted by Crippen LogP contribution is -2.12. The van der Waals surface area contributed by atoms with Crippen molar-refractivity contribution in [3.63, 3.8) is 0 Å². The van der Waals surface area contributed by atoms with Crippen LogP contribution in [0.1, 0.15) is 10.4 Å². The zero-order valence-corrected chi connectivity index (χ0v) is 9.43. The van der Waals surface area contributed by atoms with E-state index in [0.717, 1.165) is 0 Å². The lowest BCUT2D eigenvalue weighted by molar-refractivity contribution is 0.100. The number of aromatic nitrogens is 2. The number of amides is 1. The van der Waals surface area contributed by atoms with Crippen molar-refractivity contribution in [2.24, 2.45) is 5.73 Å². The van der Waals surface area contributed by atoms with Crippen molar-refractivity contribution in [1.82, 2.24) is 9.97 Å². The third-order valence-electron chi connectivity index (χ3n) is 2.29. The van der Waals surface area contributed by atoms with Crippen molar-refractivity contribution in [2.75, 3.05) is 14.2 Å². The van der Waals surface area contributed by atoms with Crippen LogP contribution in [0.15, 0.2) is 18.2 Å². The van der Waals surface area contributed by atoms with E-state index in [2.05, 4.69) is 9.97 Å². The van der Waals surface area contributed by atoms with E-state index in [1.54, 1.807) is 18.2 Å². The van der Waals surface area contributed by atoms with Crippen molar-refractivity contribution in [3.8, 4) is 11.8 Å². The predicted octanol–water partition coefficient (Wildman–Crippen LogP) is 0.746. The first-order valence-electron chi connectivity index (χ1n) is 4.86. The molecule has 0 fully saturated rings. The van der Waals surface area contributed by atoms with Gasteiger partial charge in [0.15, 0.2) is 0 Å². The maximum Gasteiger partial charge on any atom is 0.278 e. The van der Waals surface area contributed by atoms with E-state index in [9.17, 15) is 4.79 Å². The van der Waals surface area contributed by atoms with E-state index in [-0.39, 0.29) is 11.8 Å². The smallest absolute Gasteiger partial charge is 0.278 e.